The van der Waals surface area contributed by atoms with Gasteiger partial charge in [0, 0.05) is 18.2 Å². The lowest BCUT2D eigenvalue weighted by atomic mass is 10.1. The molecule has 6 heteroatoms. The standard InChI is InChI=1S/C14H23N3O3/c1-9(7-13-10(2)16-20-11(13)3)15-14(19)17-6-4-5-12(17)8-18/h9,12,18H,4-8H2,1-3H3,(H,15,19)/t9?,12-/m1/s1. The van der Waals surface area contributed by atoms with Gasteiger partial charge in [-0.05, 0) is 40.0 Å². The van der Waals surface area contributed by atoms with Crippen LogP contribution in [0.1, 0.15) is 36.8 Å². The first-order chi connectivity index (χ1) is 9.52. The Morgan fingerprint density at radius 2 is 2.35 bits per heavy atom. The molecule has 112 valence electrons. The Labute approximate surface area is 119 Å². The zero-order valence-electron chi connectivity index (χ0n) is 12.3. The van der Waals surface area contributed by atoms with E-state index in [0.717, 1.165) is 36.4 Å². The number of carbonyl (C=O) groups is 1. The maximum Gasteiger partial charge on any atom is 0.317 e. The highest BCUT2D eigenvalue weighted by molar-refractivity contribution is 5.75. The SMILES string of the molecule is Cc1noc(C)c1CC(C)NC(=O)N1CCC[C@@H]1CO. The van der Waals surface area contributed by atoms with E-state index in [4.69, 9.17) is 4.52 Å². The summed E-state index contributed by atoms with van der Waals surface area (Å²) in [5.41, 5.74) is 1.93. The Kier molecular flexibility index (Phi) is 4.65. The zero-order chi connectivity index (χ0) is 14.7. The first-order valence-corrected chi connectivity index (χ1v) is 7.12. The van der Waals surface area contributed by atoms with E-state index in [-0.39, 0.29) is 24.7 Å². The number of aliphatic hydroxyl groups is 1. The molecule has 0 radical (unpaired) electrons. The van der Waals surface area contributed by atoms with Crippen molar-refractivity contribution in [3.05, 3.63) is 17.0 Å². The summed E-state index contributed by atoms with van der Waals surface area (Å²) in [7, 11) is 0. The molecule has 1 fully saturated rings. The molecule has 1 aliphatic rings. The molecule has 1 saturated heterocycles. The van der Waals surface area contributed by atoms with Gasteiger partial charge in [-0.3, -0.25) is 0 Å². The van der Waals surface area contributed by atoms with Crippen molar-refractivity contribution in [2.45, 2.75) is 52.1 Å². The van der Waals surface area contributed by atoms with Crippen LogP contribution in [-0.4, -0.2) is 46.4 Å². The average Bonchev–Trinajstić information content (AvgIpc) is 3.00. The van der Waals surface area contributed by atoms with E-state index < -0.39 is 0 Å². The number of hydrogen-bond donors (Lipinski definition) is 2. The third kappa shape index (κ3) is 3.12. The van der Waals surface area contributed by atoms with E-state index in [2.05, 4.69) is 10.5 Å². The molecule has 2 amide bonds. The number of rotatable bonds is 4. The molecular weight excluding hydrogens is 258 g/mol. The molecule has 0 saturated carbocycles. The molecule has 0 spiro atoms. The molecule has 6 nitrogen and oxygen atoms in total. The third-order valence-electron chi connectivity index (χ3n) is 3.91. The molecule has 0 bridgehead atoms. The molecule has 2 atom stereocenters. The molecule has 1 aromatic rings. The van der Waals surface area contributed by atoms with Crippen molar-refractivity contribution in [1.82, 2.24) is 15.4 Å². The topological polar surface area (TPSA) is 78.6 Å². The molecular formula is C14H23N3O3. The highest BCUT2D eigenvalue weighted by Crippen LogP contribution is 2.18. The van der Waals surface area contributed by atoms with Crippen LogP contribution < -0.4 is 5.32 Å². The van der Waals surface area contributed by atoms with E-state index in [1.165, 1.54) is 0 Å². The van der Waals surface area contributed by atoms with E-state index in [1.54, 1.807) is 4.90 Å². The van der Waals surface area contributed by atoms with Gasteiger partial charge in [-0.1, -0.05) is 5.16 Å². The summed E-state index contributed by atoms with van der Waals surface area (Å²) in [4.78, 5) is 13.9. The van der Waals surface area contributed by atoms with Crippen LogP contribution >= 0.6 is 0 Å². The Morgan fingerprint density at radius 1 is 1.60 bits per heavy atom. The van der Waals surface area contributed by atoms with E-state index in [1.807, 2.05) is 20.8 Å². The van der Waals surface area contributed by atoms with Crippen molar-refractivity contribution in [1.29, 1.82) is 0 Å². The van der Waals surface area contributed by atoms with Gasteiger partial charge >= 0.3 is 6.03 Å². The van der Waals surface area contributed by atoms with Crippen LogP contribution in [0.3, 0.4) is 0 Å². The molecule has 1 aromatic heterocycles. The summed E-state index contributed by atoms with van der Waals surface area (Å²) >= 11 is 0. The number of aromatic nitrogens is 1. The van der Waals surface area contributed by atoms with Crippen molar-refractivity contribution < 1.29 is 14.4 Å². The predicted molar refractivity (Wildman–Crippen MR) is 74.5 cm³/mol. The Bertz CT molecular complexity index is 453. The van der Waals surface area contributed by atoms with Gasteiger partial charge in [-0.15, -0.1) is 0 Å². The summed E-state index contributed by atoms with van der Waals surface area (Å²) in [6.07, 6.45) is 2.53. The quantitative estimate of drug-likeness (QED) is 0.874. The van der Waals surface area contributed by atoms with Crippen LogP contribution in [0, 0.1) is 13.8 Å². The predicted octanol–water partition coefficient (Wildman–Crippen LogP) is 1.39. The normalized spacial score (nSPS) is 20.2. The van der Waals surface area contributed by atoms with Gasteiger partial charge in [-0.2, -0.15) is 0 Å². The van der Waals surface area contributed by atoms with Gasteiger partial charge in [0.15, 0.2) is 0 Å². The monoisotopic (exact) mass is 281 g/mol. The number of urea groups is 1. The smallest absolute Gasteiger partial charge is 0.317 e. The number of carbonyl (C=O) groups excluding carboxylic acids is 1. The first kappa shape index (κ1) is 14.8. The second-order valence-corrected chi connectivity index (χ2v) is 5.53. The Hall–Kier alpha value is -1.56. The van der Waals surface area contributed by atoms with Crippen LogP contribution in [0.15, 0.2) is 4.52 Å². The number of aliphatic hydroxyl groups excluding tert-OH is 1. The molecule has 2 rings (SSSR count). The highest BCUT2D eigenvalue weighted by Gasteiger charge is 2.28. The molecule has 2 heterocycles. The summed E-state index contributed by atoms with van der Waals surface area (Å²) < 4.78 is 5.13. The van der Waals surface area contributed by atoms with Crippen LogP contribution in [0.25, 0.3) is 0 Å². The number of amides is 2. The van der Waals surface area contributed by atoms with Crippen LogP contribution in [0.5, 0.6) is 0 Å². The number of nitrogens with one attached hydrogen (secondary N) is 1. The van der Waals surface area contributed by atoms with Crippen molar-refractivity contribution in [2.75, 3.05) is 13.2 Å². The molecule has 0 aliphatic carbocycles. The van der Waals surface area contributed by atoms with Gasteiger partial charge in [0.1, 0.15) is 5.76 Å². The van der Waals surface area contributed by atoms with Gasteiger partial charge in [0.25, 0.3) is 0 Å². The fourth-order valence-corrected chi connectivity index (χ4v) is 2.74. The van der Waals surface area contributed by atoms with Gasteiger partial charge in [-0.25, -0.2) is 4.79 Å². The maximum absolute atomic E-state index is 12.2. The average molecular weight is 281 g/mol. The lowest BCUT2D eigenvalue weighted by Crippen LogP contribution is -2.47. The van der Waals surface area contributed by atoms with E-state index in [0.29, 0.717) is 6.42 Å². The van der Waals surface area contributed by atoms with Gasteiger partial charge < -0.3 is 19.8 Å². The molecule has 2 N–H and O–H groups in total. The Morgan fingerprint density at radius 3 is 2.95 bits per heavy atom. The second kappa shape index (κ2) is 6.26. The largest absolute Gasteiger partial charge is 0.394 e. The number of likely N-dealkylation sites (tertiary alicyclic amines) is 1. The highest BCUT2D eigenvalue weighted by atomic mass is 16.5. The van der Waals surface area contributed by atoms with Gasteiger partial charge in [0.05, 0.1) is 18.3 Å². The summed E-state index contributed by atoms with van der Waals surface area (Å²) in [6, 6.07) is -0.138. The summed E-state index contributed by atoms with van der Waals surface area (Å²) in [5, 5.41) is 16.2. The minimum absolute atomic E-state index is 0.000701. The van der Waals surface area contributed by atoms with Crippen molar-refractivity contribution in [2.24, 2.45) is 0 Å². The van der Waals surface area contributed by atoms with Crippen LogP contribution in [-0.2, 0) is 6.42 Å². The fraction of sp³-hybridized carbons (Fsp3) is 0.714. The fourth-order valence-electron chi connectivity index (χ4n) is 2.74. The first-order valence-electron chi connectivity index (χ1n) is 7.12. The van der Waals surface area contributed by atoms with E-state index >= 15 is 0 Å². The van der Waals surface area contributed by atoms with Crippen molar-refractivity contribution >= 4 is 6.03 Å². The van der Waals surface area contributed by atoms with Crippen molar-refractivity contribution in [3.63, 3.8) is 0 Å². The number of hydrogen-bond acceptors (Lipinski definition) is 4. The van der Waals surface area contributed by atoms with Crippen LogP contribution in [0.4, 0.5) is 4.79 Å². The molecule has 1 aliphatic heterocycles. The number of aryl methyl sites for hydroxylation is 2. The second-order valence-electron chi connectivity index (χ2n) is 5.53. The lowest BCUT2D eigenvalue weighted by Gasteiger charge is -2.25. The van der Waals surface area contributed by atoms with Crippen molar-refractivity contribution in [3.8, 4) is 0 Å². The third-order valence-corrected chi connectivity index (χ3v) is 3.91. The maximum atomic E-state index is 12.2. The molecule has 20 heavy (non-hydrogen) atoms. The van der Waals surface area contributed by atoms with Gasteiger partial charge in [0.2, 0.25) is 0 Å². The summed E-state index contributed by atoms with van der Waals surface area (Å²) in [6.45, 7) is 6.50. The zero-order valence-corrected chi connectivity index (χ0v) is 12.3. The number of nitrogens with zero attached hydrogens (tertiary/aromatic N) is 2. The lowest BCUT2D eigenvalue weighted by molar-refractivity contribution is 0.155. The minimum atomic E-state index is -0.0965. The molecule has 0 aromatic carbocycles. The Balaban J connectivity index is 1.91. The summed E-state index contributed by atoms with van der Waals surface area (Å²) in [5.74, 6) is 0.804. The van der Waals surface area contributed by atoms with E-state index in [9.17, 15) is 9.90 Å². The minimum Gasteiger partial charge on any atom is -0.394 e. The van der Waals surface area contributed by atoms with Crippen LogP contribution in [0.2, 0.25) is 0 Å². The molecule has 1 unspecified atom stereocenters.